The van der Waals surface area contributed by atoms with Gasteiger partial charge >= 0.3 is 0 Å². The number of hydrogen-bond acceptors (Lipinski definition) is 4. The molecule has 0 fully saturated rings. The van der Waals surface area contributed by atoms with Crippen LogP contribution in [0.1, 0.15) is 17.5 Å². The Bertz CT molecular complexity index is 688. The molecule has 4 nitrogen and oxygen atoms in total. The maximum absolute atomic E-state index is 6.24. The van der Waals surface area contributed by atoms with Crippen LogP contribution in [-0.2, 0) is 13.2 Å². The molecule has 0 bridgehead atoms. The molecule has 26 heavy (non-hydrogen) atoms. The van der Waals surface area contributed by atoms with Crippen molar-refractivity contribution in [3.8, 4) is 11.5 Å². The van der Waals surface area contributed by atoms with E-state index in [2.05, 4.69) is 24.3 Å². The van der Waals surface area contributed by atoms with E-state index < -0.39 is 0 Å². The smallest absolute Gasteiger partial charge is 0.166 e. The van der Waals surface area contributed by atoms with Crippen LogP contribution in [0.4, 0.5) is 0 Å². The van der Waals surface area contributed by atoms with E-state index in [-0.39, 0.29) is 6.61 Å². The molecule has 142 valence electrons. The molecule has 0 aliphatic heterocycles. The third kappa shape index (κ3) is 6.06. The molecule has 0 aliphatic rings. The Hall–Kier alpha value is -1.46. The van der Waals surface area contributed by atoms with E-state index in [1.807, 2.05) is 36.4 Å². The zero-order valence-corrected chi connectivity index (χ0v) is 17.0. The summed E-state index contributed by atoms with van der Waals surface area (Å²) in [5, 5.41) is 4.64. The van der Waals surface area contributed by atoms with Gasteiger partial charge in [-0.2, -0.15) is 0 Å². The number of ether oxygens (including phenoxy) is 2. The lowest BCUT2D eigenvalue weighted by molar-refractivity contribution is 0.280. The second kappa shape index (κ2) is 10.6. The lowest BCUT2D eigenvalue weighted by Gasteiger charge is -2.17. The Morgan fingerprint density at radius 3 is 2.38 bits per heavy atom. The average molecular weight is 397 g/mol. The van der Waals surface area contributed by atoms with Gasteiger partial charge in [0.2, 0.25) is 0 Å². The van der Waals surface area contributed by atoms with Gasteiger partial charge in [0.1, 0.15) is 6.61 Å². The molecule has 2 rings (SSSR count). The van der Waals surface area contributed by atoms with Crippen molar-refractivity contribution in [1.29, 1.82) is 0 Å². The molecule has 2 aromatic rings. The number of methoxy groups -OCH3 is 1. The molecule has 0 saturated heterocycles. The SMILES string of the molecule is COc1cccc(CNCCCN(C)C)c1OCc1c(Cl)cccc1Cl. The zero-order chi connectivity index (χ0) is 18.9. The van der Waals surface area contributed by atoms with Gasteiger partial charge in [-0.05, 0) is 51.8 Å². The van der Waals surface area contributed by atoms with Gasteiger partial charge in [-0.15, -0.1) is 0 Å². The normalized spacial score (nSPS) is 11.0. The summed E-state index contributed by atoms with van der Waals surface area (Å²) in [6.45, 7) is 2.98. The van der Waals surface area contributed by atoms with Gasteiger partial charge < -0.3 is 19.7 Å². The van der Waals surface area contributed by atoms with E-state index in [4.69, 9.17) is 32.7 Å². The van der Waals surface area contributed by atoms with E-state index in [1.54, 1.807) is 7.11 Å². The van der Waals surface area contributed by atoms with Crippen molar-refractivity contribution in [1.82, 2.24) is 10.2 Å². The summed E-state index contributed by atoms with van der Waals surface area (Å²) in [5.41, 5.74) is 1.81. The fraction of sp³-hybridized carbons (Fsp3) is 0.400. The highest BCUT2D eigenvalue weighted by atomic mass is 35.5. The molecule has 0 aliphatic carbocycles. The van der Waals surface area contributed by atoms with Gasteiger partial charge in [-0.3, -0.25) is 0 Å². The summed E-state index contributed by atoms with van der Waals surface area (Å²) in [7, 11) is 5.79. The van der Waals surface area contributed by atoms with Gasteiger partial charge in [0.25, 0.3) is 0 Å². The van der Waals surface area contributed by atoms with E-state index in [9.17, 15) is 0 Å². The summed E-state index contributed by atoms with van der Waals surface area (Å²) in [5.74, 6) is 1.41. The van der Waals surface area contributed by atoms with Crippen LogP contribution in [0.3, 0.4) is 0 Å². The van der Waals surface area contributed by atoms with Crippen molar-refractivity contribution >= 4 is 23.2 Å². The van der Waals surface area contributed by atoms with Crippen LogP contribution in [0.15, 0.2) is 36.4 Å². The van der Waals surface area contributed by atoms with E-state index >= 15 is 0 Å². The van der Waals surface area contributed by atoms with Crippen molar-refractivity contribution in [3.05, 3.63) is 57.6 Å². The van der Waals surface area contributed by atoms with Crippen molar-refractivity contribution in [2.75, 3.05) is 34.3 Å². The van der Waals surface area contributed by atoms with Crippen molar-refractivity contribution in [2.45, 2.75) is 19.6 Å². The minimum atomic E-state index is 0.284. The first kappa shape index (κ1) is 20.8. The zero-order valence-electron chi connectivity index (χ0n) is 15.5. The highest BCUT2D eigenvalue weighted by molar-refractivity contribution is 6.35. The maximum atomic E-state index is 6.24. The molecule has 0 unspecified atom stereocenters. The Morgan fingerprint density at radius 1 is 1.04 bits per heavy atom. The highest BCUT2D eigenvalue weighted by Gasteiger charge is 2.13. The summed E-state index contributed by atoms with van der Waals surface area (Å²) >= 11 is 12.5. The monoisotopic (exact) mass is 396 g/mol. The van der Waals surface area contributed by atoms with Crippen LogP contribution in [-0.4, -0.2) is 39.2 Å². The van der Waals surface area contributed by atoms with Gasteiger partial charge in [0.15, 0.2) is 11.5 Å². The second-order valence-electron chi connectivity index (χ2n) is 6.27. The molecule has 0 saturated carbocycles. The Kier molecular flexibility index (Phi) is 8.52. The van der Waals surface area contributed by atoms with Gasteiger partial charge in [0.05, 0.1) is 7.11 Å². The summed E-state index contributed by atoms with van der Waals surface area (Å²) < 4.78 is 11.5. The third-order valence-corrected chi connectivity index (χ3v) is 4.69. The first-order valence-corrected chi connectivity index (χ1v) is 9.35. The number of nitrogens with one attached hydrogen (secondary N) is 1. The van der Waals surface area contributed by atoms with Crippen LogP contribution in [0.2, 0.25) is 10.0 Å². The van der Waals surface area contributed by atoms with Crippen molar-refractivity contribution < 1.29 is 9.47 Å². The molecule has 0 heterocycles. The highest BCUT2D eigenvalue weighted by Crippen LogP contribution is 2.33. The first-order chi connectivity index (χ1) is 12.5. The number of hydrogen-bond donors (Lipinski definition) is 1. The van der Waals surface area contributed by atoms with Gasteiger partial charge in [-0.25, -0.2) is 0 Å². The summed E-state index contributed by atoms with van der Waals surface area (Å²) in [6, 6.07) is 11.3. The standard InChI is InChI=1S/C20H26Cl2N2O2/c1-24(2)12-6-11-23-13-15-7-4-10-19(25-3)20(15)26-14-16-17(21)8-5-9-18(16)22/h4-5,7-10,23H,6,11-14H2,1-3H3. The Morgan fingerprint density at radius 2 is 1.73 bits per heavy atom. The molecule has 0 spiro atoms. The van der Waals surface area contributed by atoms with Crippen molar-refractivity contribution in [2.24, 2.45) is 0 Å². The average Bonchev–Trinajstić information content (AvgIpc) is 2.61. The van der Waals surface area contributed by atoms with E-state index in [0.29, 0.717) is 28.1 Å². The lowest BCUT2D eigenvalue weighted by Crippen LogP contribution is -2.21. The predicted octanol–water partition coefficient (Wildman–Crippen LogP) is 4.62. The minimum absolute atomic E-state index is 0.284. The molecule has 1 N–H and O–H groups in total. The molecule has 2 aromatic carbocycles. The van der Waals surface area contributed by atoms with Crippen LogP contribution in [0.5, 0.6) is 11.5 Å². The molecular weight excluding hydrogens is 371 g/mol. The van der Waals surface area contributed by atoms with E-state index in [0.717, 1.165) is 30.6 Å². The van der Waals surface area contributed by atoms with E-state index in [1.165, 1.54) is 0 Å². The maximum Gasteiger partial charge on any atom is 0.166 e. The fourth-order valence-corrected chi connectivity index (χ4v) is 3.09. The number of para-hydroxylation sites is 1. The molecule has 6 heteroatoms. The molecule has 0 aromatic heterocycles. The van der Waals surface area contributed by atoms with Crippen LogP contribution in [0.25, 0.3) is 0 Å². The number of rotatable bonds is 10. The lowest BCUT2D eigenvalue weighted by atomic mass is 10.1. The topological polar surface area (TPSA) is 33.7 Å². The molecule has 0 amide bonds. The van der Waals surface area contributed by atoms with Crippen LogP contribution < -0.4 is 14.8 Å². The van der Waals surface area contributed by atoms with Crippen LogP contribution >= 0.6 is 23.2 Å². The van der Waals surface area contributed by atoms with Gasteiger partial charge in [-0.1, -0.05) is 41.4 Å². The third-order valence-electron chi connectivity index (χ3n) is 3.98. The second-order valence-corrected chi connectivity index (χ2v) is 7.09. The Labute approximate surface area is 166 Å². The Balaban J connectivity index is 2.06. The summed E-state index contributed by atoms with van der Waals surface area (Å²) in [6.07, 6.45) is 1.09. The molecule has 0 radical (unpaired) electrons. The van der Waals surface area contributed by atoms with Gasteiger partial charge in [0, 0.05) is 27.7 Å². The van der Waals surface area contributed by atoms with Crippen molar-refractivity contribution in [3.63, 3.8) is 0 Å². The quantitative estimate of drug-likeness (QED) is 0.593. The molecular formula is C20H26Cl2N2O2. The first-order valence-electron chi connectivity index (χ1n) is 8.60. The minimum Gasteiger partial charge on any atom is -0.493 e. The number of halogens is 2. The summed E-state index contributed by atoms with van der Waals surface area (Å²) in [4.78, 5) is 2.18. The molecule has 0 atom stereocenters. The largest absolute Gasteiger partial charge is 0.493 e. The number of benzene rings is 2. The fourth-order valence-electron chi connectivity index (χ4n) is 2.58. The van der Waals surface area contributed by atoms with Crippen LogP contribution in [0, 0.1) is 0 Å². The number of nitrogens with zero attached hydrogens (tertiary/aromatic N) is 1. The predicted molar refractivity (Wildman–Crippen MR) is 109 cm³/mol.